The zero-order chi connectivity index (χ0) is 21.3. The maximum atomic E-state index is 12.9. The summed E-state index contributed by atoms with van der Waals surface area (Å²) in [5, 5.41) is 9.79. The van der Waals surface area contributed by atoms with Gasteiger partial charge in [0, 0.05) is 11.6 Å². The minimum atomic E-state index is -0.258. The summed E-state index contributed by atoms with van der Waals surface area (Å²) in [7, 11) is 0. The van der Waals surface area contributed by atoms with Crippen molar-refractivity contribution in [2.24, 2.45) is 0 Å². The van der Waals surface area contributed by atoms with E-state index >= 15 is 0 Å². The third kappa shape index (κ3) is 4.55. The van der Waals surface area contributed by atoms with E-state index in [1.165, 1.54) is 17.3 Å². The lowest BCUT2D eigenvalue weighted by molar-refractivity contribution is 0.0993. The molecule has 5 nitrogen and oxygen atoms in total. The fourth-order valence-electron chi connectivity index (χ4n) is 3.23. The van der Waals surface area contributed by atoms with Crippen LogP contribution in [0.15, 0.2) is 47.6 Å². The first kappa shape index (κ1) is 20.9. The molecule has 1 fully saturated rings. The molecule has 4 rings (SSSR count). The van der Waals surface area contributed by atoms with Crippen molar-refractivity contribution in [2.75, 3.05) is 0 Å². The van der Waals surface area contributed by atoms with Gasteiger partial charge in [-0.1, -0.05) is 47.6 Å². The molecule has 1 atom stereocenters. The zero-order valence-corrected chi connectivity index (χ0v) is 18.8. The average molecular weight is 442 g/mol. The first-order valence-corrected chi connectivity index (χ1v) is 11.3. The Hall–Kier alpha value is -2.31. The summed E-state index contributed by atoms with van der Waals surface area (Å²) in [6.45, 7) is 6.28. The molecule has 1 saturated carbocycles. The maximum Gasteiger partial charge on any atom is 0.192 e. The van der Waals surface area contributed by atoms with Crippen molar-refractivity contribution < 1.29 is 9.53 Å². The predicted molar refractivity (Wildman–Crippen MR) is 120 cm³/mol. The van der Waals surface area contributed by atoms with E-state index in [1.54, 1.807) is 6.07 Å². The van der Waals surface area contributed by atoms with E-state index in [-0.39, 0.29) is 17.6 Å². The van der Waals surface area contributed by atoms with Crippen LogP contribution in [0, 0.1) is 13.8 Å². The Kier molecular flexibility index (Phi) is 6.16. The van der Waals surface area contributed by atoms with Crippen LogP contribution in [0.4, 0.5) is 0 Å². The normalized spacial score (nSPS) is 14.5. The van der Waals surface area contributed by atoms with Crippen LogP contribution >= 0.6 is 23.4 Å². The number of hydrogen-bond acceptors (Lipinski definition) is 5. The highest BCUT2D eigenvalue weighted by Gasteiger charge is 2.31. The number of ketones is 1. The number of Topliss-reactive ketones (excluding diaryl/α,β-unsaturated/α-hetero) is 1. The fourth-order valence-corrected chi connectivity index (χ4v) is 4.44. The number of benzene rings is 2. The van der Waals surface area contributed by atoms with E-state index in [4.69, 9.17) is 16.3 Å². The summed E-state index contributed by atoms with van der Waals surface area (Å²) < 4.78 is 7.99. The first-order chi connectivity index (χ1) is 14.4. The molecule has 0 spiro atoms. The monoisotopic (exact) mass is 441 g/mol. The highest BCUT2D eigenvalue weighted by atomic mass is 35.5. The van der Waals surface area contributed by atoms with Crippen molar-refractivity contribution in [1.82, 2.24) is 14.8 Å². The molecule has 1 aliphatic carbocycles. The molecule has 2 aromatic carbocycles. The van der Waals surface area contributed by atoms with Crippen molar-refractivity contribution in [3.05, 3.63) is 70.0 Å². The number of rotatable bonds is 8. The summed E-state index contributed by atoms with van der Waals surface area (Å²) in [6, 6.07) is 13.6. The average Bonchev–Trinajstić information content (AvgIpc) is 3.50. The van der Waals surface area contributed by atoms with Gasteiger partial charge in [-0.2, -0.15) is 0 Å². The van der Waals surface area contributed by atoms with Crippen LogP contribution in [0.1, 0.15) is 53.1 Å². The molecule has 0 amide bonds. The number of carbonyl (C=O) groups excluding carboxylic acids is 1. The Bertz CT molecular complexity index is 1080. The van der Waals surface area contributed by atoms with Gasteiger partial charge in [-0.25, -0.2) is 0 Å². The molecule has 0 saturated heterocycles. The highest BCUT2D eigenvalue weighted by molar-refractivity contribution is 8.00. The van der Waals surface area contributed by atoms with E-state index in [1.807, 2.05) is 57.2 Å². The zero-order valence-electron chi connectivity index (χ0n) is 17.3. The third-order valence-corrected chi connectivity index (χ3v) is 6.65. The Morgan fingerprint density at radius 2 is 1.97 bits per heavy atom. The van der Waals surface area contributed by atoms with E-state index in [0.29, 0.717) is 16.8 Å². The molecule has 1 aliphatic rings. The summed E-state index contributed by atoms with van der Waals surface area (Å²) in [5.74, 6) is 1.48. The van der Waals surface area contributed by atoms with Crippen LogP contribution < -0.4 is 4.74 Å². The Labute approximate surface area is 185 Å². The second kappa shape index (κ2) is 8.82. The number of aryl methyl sites for hydroxylation is 2. The van der Waals surface area contributed by atoms with E-state index in [9.17, 15) is 4.79 Å². The Balaban J connectivity index is 1.49. The molecular formula is C23H24ClN3O2S. The van der Waals surface area contributed by atoms with Gasteiger partial charge >= 0.3 is 0 Å². The maximum absolute atomic E-state index is 12.9. The van der Waals surface area contributed by atoms with Crippen molar-refractivity contribution in [3.63, 3.8) is 0 Å². The van der Waals surface area contributed by atoms with Crippen LogP contribution in [0.5, 0.6) is 5.75 Å². The van der Waals surface area contributed by atoms with Crippen molar-refractivity contribution >= 4 is 29.1 Å². The summed E-state index contributed by atoms with van der Waals surface area (Å²) >= 11 is 7.64. The summed E-state index contributed by atoms with van der Waals surface area (Å²) in [4.78, 5) is 12.9. The van der Waals surface area contributed by atoms with Gasteiger partial charge in [-0.3, -0.25) is 9.36 Å². The lowest BCUT2D eigenvalue weighted by Crippen LogP contribution is -2.15. The molecule has 1 aromatic heterocycles. The van der Waals surface area contributed by atoms with Crippen LogP contribution in [0.2, 0.25) is 5.02 Å². The molecule has 30 heavy (non-hydrogen) atoms. The second-order valence-electron chi connectivity index (χ2n) is 7.64. The quantitative estimate of drug-likeness (QED) is 0.325. The van der Waals surface area contributed by atoms with Gasteiger partial charge in [0.15, 0.2) is 16.8 Å². The fraction of sp³-hybridized carbons (Fsp3) is 0.348. The molecule has 1 unspecified atom stereocenters. The van der Waals surface area contributed by atoms with Gasteiger partial charge in [0.1, 0.15) is 12.4 Å². The number of halogens is 1. The molecule has 156 valence electrons. The molecule has 0 radical (unpaired) electrons. The van der Waals surface area contributed by atoms with Crippen molar-refractivity contribution in [3.8, 4) is 5.75 Å². The molecular weight excluding hydrogens is 418 g/mol. The van der Waals surface area contributed by atoms with Gasteiger partial charge in [0.25, 0.3) is 0 Å². The van der Waals surface area contributed by atoms with Gasteiger partial charge in [-0.05, 0) is 62.9 Å². The number of hydrogen-bond donors (Lipinski definition) is 0. The van der Waals surface area contributed by atoms with Gasteiger partial charge < -0.3 is 4.74 Å². The highest BCUT2D eigenvalue weighted by Crippen LogP contribution is 2.40. The molecule has 0 aliphatic heterocycles. The minimum Gasteiger partial charge on any atom is -0.484 e. The lowest BCUT2D eigenvalue weighted by Gasteiger charge is -2.13. The topological polar surface area (TPSA) is 57.0 Å². The van der Waals surface area contributed by atoms with Gasteiger partial charge in [0.05, 0.1) is 10.3 Å². The molecule has 0 bridgehead atoms. The summed E-state index contributed by atoms with van der Waals surface area (Å²) in [6.07, 6.45) is 2.17. The minimum absolute atomic E-state index is 0.0994. The number of para-hydroxylation sites is 1. The number of ether oxygens (including phenoxy) is 1. The van der Waals surface area contributed by atoms with Crippen LogP contribution in [-0.4, -0.2) is 25.8 Å². The number of carbonyl (C=O) groups is 1. The largest absolute Gasteiger partial charge is 0.484 e. The molecule has 0 N–H and O–H groups in total. The molecule has 1 heterocycles. The van der Waals surface area contributed by atoms with Gasteiger partial charge in [0.2, 0.25) is 0 Å². The molecule has 7 heteroatoms. The number of aromatic nitrogens is 3. The van der Waals surface area contributed by atoms with Crippen LogP contribution in [-0.2, 0) is 6.61 Å². The number of nitrogens with zero attached hydrogens (tertiary/aromatic N) is 3. The molecule has 3 aromatic rings. The first-order valence-electron chi connectivity index (χ1n) is 10.0. The number of thioether (sulfide) groups is 1. The van der Waals surface area contributed by atoms with Crippen LogP contribution in [0.3, 0.4) is 0 Å². The standard InChI is InChI=1S/C23H24ClN3O2S/c1-14-8-9-17(12-15(14)2)22(28)16(3)30-23-26-25-21(27(23)18-10-11-18)13-29-20-7-5-4-6-19(20)24/h4-9,12,16,18H,10-11,13H2,1-3H3. The van der Waals surface area contributed by atoms with E-state index < -0.39 is 0 Å². The van der Waals surface area contributed by atoms with E-state index in [2.05, 4.69) is 14.8 Å². The van der Waals surface area contributed by atoms with Crippen molar-refractivity contribution in [2.45, 2.75) is 56.7 Å². The van der Waals surface area contributed by atoms with Gasteiger partial charge in [-0.15, -0.1) is 10.2 Å². The Morgan fingerprint density at radius 3 is 2.67 bits per heavy atom. The van der Waals surface area contributed by atoms with Crippen LogP contribution in [0.25, 0.3) is 0 Å². The summed E-state index contributed by atoms with van der Waals surface area (Å²) in [5.41, 5.74) is 3.04. The van der Waals surface area contributed by atoms with Crippen molar-refractivity contribution in [1.29, 1.82) is 0 Å². The lowest BCUT2D eigenvalue weighted by atomic mass is 10.0. The second-order valence-corrected chi connectivity index (χ2v) is 9.36. The Morgan fingerprint density at radius 1 is 1.20 bits per heavy atom. The third-order valence-electron chi connectivity index (χ3n) is 5.28. The predicted octanol–water partition coefficient (Wildman–Crippen LogP) is 5.83. The SMILES string of the molecule is Cc1ccc(C(=O)C(C)Sc2nnc(COc3ccccc3Cl)n2C2CC2)cc1C. The van der Waals surface area contributed by atoms with E-state index in [0.717, 1.165) is 34.9 Å². The smallest absolute Gasteiger partial charge is 0.192 e.